The van der Waals surface area contributed by atoms with Crippen LogP contribution in [0.5, 0.6) is 0 Å². The van der Waals surface area contributed by atoms with Crippen molar-refractivity contribution in [2.45, 2.75) is 38.1 Å². The van der Waals surface area contributed by atoms with E-state index in [1.54, 1.807) is 0 Å². The fourth-order valence-electron chi connectivity index (χ4n) is 2.61. The zero-order valence-electron chi connectivity index (χ0n) is 11.5. The van der Waals surface area contributed by atoms with Gasteiger partial charge in [-0.05, 0) is 72.4 Å². The lowest BCUT2D eigenvalue weighted by molar-refractivity contribution is 0.0900. The van der Waals surface area contributed by atoms with Crippen molar-refractivity contribution >= 4 is 45.7 Å². The van der Waals surface area contributed by atoms with Gasteiger partial charge >= 0.3 is 0 Å². The van der Waals surface area contributed by atoms with E-state index in [0.717, 1.165) is 29.3 Å². The van der Waals surface area contributed by atoms with Crippen molar-refractivity contribution in [3.63, 3.8) is 0 Å². The zero-order chi connectivity index (χ0) is 14.8. The Morgan fingerprint density at radius 1 is 1.45 bits per heavy atom. The fraction of sp³-hybridized carbons (Fsp3) is 0.467. The number of nitrogens with two attached hydrogens (primary N) is 1. The molecule has 1 aromatic carbocycles. The topological polar surface area (TPSA) is 55.1 Å². The zero-order valence-corrected chi connectivity index (χ0v) is 14.5. The molecule has 1 amide bonds. The molecule has 0 bridgehead atoms. The molecule has 1 fully saturated rings. The van der Waals surface area contributed by atoms with Crippen molar-refractivity contribution in [2.75, 3.05) is 0 Å². The molecular weight excluding hydrogens is 383 g/mol. The van der Waals surface area contributed by atoms with Gasteiger partial charge in [0, 0.05) is 9.13 Å². The lowest BCUT2D eigenvalue weighted by atomic mass is 9.77. The number of carbonyl (C=O) groups is 1. The summed E-state index contributed by atoms with van der Waals surface area (Å²) in [6, 6.07) is 7.53. The Kier molecular flexibility index (Phi) is 5.01. The van der Waals surface area contributed by atoms with Gasteiger partial charge in [-0.2, -0.15) is 0 Å². The number of rotatable bonds is 3. The highest BCUT2D eigenvalue weighted by Crippen LogP contribution is 2.32. The van der Waals surface area contributed by atoms with Crippen LogP contribution in [0.1, 0.15) is 43.0 Å². The third-order valence-corrected chi connectivity index (χ3v) is 5.10. The molecule has 0 spiro atoms. The molecule has 5 heteroatoms. The van der Waals surface area contributed by atoms with Crippen molar-refractivity contribution in [1.29, 1.82) is 0 Å². The molecular formula is C15H19IN2OS. The standard InChI is InChI=1S/C15H19IN2OS/c1-10-5-7-15(8-6-10,14(17)20)18-13(19)11-3-2-4-12(16)9-11/h2-4,9-10H,5-8H2,1H3,(H2,17,20)(H,18,19). The number of hydrogen-bond donors (Lipinski definition) is 2. The summed E-state index contributed by atoms with van der Waals surface area (Å²) in [5, 5.41) is 3.09. The summed E-state index contributed by atoms with van der Waals surface area (Å²) < 4.78 is 1.04. The number of benzene rings is 1. The average molecular weight is 402 g/mol. The average Bonchev–Trinajstić information content (AvgIpc) is 2.41. The first-order valence-electron chi connectivity index (χ1n) is 6.81. The smallest absolute Gasteiger partial charge is 0.252 e. The molecule has 0 aliphatic heterocycles. The number of hydrogen-bond acceptors (Lipinski definition) is 2. The van der Waals surface area contributed by atoms with Crippen molar-refractivity contribution in [2.24, 2.45) is 11.7 Å². The monoisotopic (exact) mass is 402 g/mol. The molecule has 20 heavy (non-hydrogen) atoms. The van der Waals surface area contributed by atoms with Crippen LogP contribution in [-0.4, -0.2) is 16.4 Å². The molecule has 0 aromatic heterocycles. The summed E-state index contributed by atoms with van der Waals surface area (Å²) in [5.74, 6) is 0.581. The summed E-state index contributed by atoms with van der Waals surface area (Å²) in [6.07, 6.45) is 3.76. The molecule has 2 rings (SSSR count). The first-order chi connectivity index (χ1) is 9.43. The molecule has 1 aromatic rings. The van der Waals surface area contributed by atoms with Crippen molar-refractivity contribution in [1.82, 2.24) is 5.32 Å². The molecule has 1 aliphatic rings. The molecule has 3 nitrogen and oxygen atoms in total. The maximum absolute atomic E-state index is 12.4. The van der Waals surface area contributed by atoms with Crippen LogP contribution in [-0.2, 0) is 0 Å². The summed E-state index contributed by atoms with van der Waals surface area (Å²) in [5.41, 5.74) is 6.06. The Morgan fingerprint density at radius 3 is 2.65 bits per heavy atom. The SMILES string of the molecule is CC1CCC(NC(=O)c2cccc(I)c2)(C(N)=S)CC1. The molecule has 0 atom stereocenters. The van der Waals surface area contributed by atoms with Crippen LogP contribution < -0.4 is 11.1 Å². The van der Waals surface area contributed by atoms with Crippen molar-refractivity contribution in [3.05, 3.63) is 33.4 Å². The molecule has 1 aliphatic carbocycles. The predicted octanol–water partition coefficient (Wildman–Crippen LogP) is 3.26. The largest absolute Gasteiger partial charge is 0.391 e. The van der Waals surface area contributed by atoms with Crippen LogP contribution in [0.4, 0.5) is 0 Å². The van der Waals surface area contributed by atoms with E-state index in [9.17, 15) is 4.79 Å². The fourth-order valence-corrected chi connectivity index (χ4v) is 3.41. The highest BCUT2D eigenvalue weighted by Gasteiger charge is 2.38. The van der Waals surface area contributed by atoms with Gasteiger partial charge in [0.15, 0.2) is 0 Å². The number of thiocarbonyl (C=S) groups is 1. The van der Waals surface area contributed by atoms with E-state index in [1.807, 2.05) is 24.3 Å². The Morgan fingerprint density at radius 2 is 2.10 bits per heavy atom. The van der Waals surface area contributed by atoms with Gasteiger partial charge in [-0.15, -0.1) is 0 Å². The van der Waals surface area contributed by atoms with Gasteiger partial charge in [0.05, 0.1) is 10.5 Å². The van der Waals surface area contributed by atoms with Gasteiger partial charge in [-0.3, -0.25) is 4.79 Å². The highest BCUT2D eigenvalue weighted by molar-refractivity contribution is 14.1. The second-order valence-corrected chi connectivity index (χ2v) is 7.28. The second-order valence-electron chi connectivity index (χ2n) is 5.59. The minimum Gasteiger partial charge on any atom is -0.391 e. The summed E-state index contributed by atoms with van der Waals surface area (Å²) in [6.45, 7) is 2.23. The van der Waals surface area contributed by atoms with E-state index in [-0.39, 0.29) is 5.91 Å². The summed E-state index contributed by atoms with van der Waals surface area (Å²) in [7, 11) is 0. The lowest BCUT2D eigenvalue weighted by Crippen LogP contribution is -2.58. The molecule has 0 radical (unpaired) electrons. The quantitative estimate of drug-likeness (QED) is 0.603. The van der Waals surface area contributed by atoms with Crippen molar-refractivity contribution in [3.8, 4) is 0 Å². The van der Waals surface area contributed by atoms with Gasteiger partial charge in [0.25, 0.3) is 5.91 Å². The number of halogens is 1. The van der Waals surface area contributed by atoms with Crippen LogP contribution in [0, 0.1) is 9.49 Å². The summed E-state index contributed by atoms with van der Waals surface area (Å²) >= 11 is 7.42. The van der Waals surface area contributed by atoms with E-state index in [2.05, 4.69) is 34.8 Å². The van der Waals surface area contributed by atoms with Crippen LogP contribution in [0.15, 0.2) is 24.3 Å². The maximum atomic E-state index is 12.4. The van der Waals surface area contributed by atoms with Gasteiger partial charge in [0.1, 0.15) is 0 Å². The Balaban J connectivity index is 2.17. The van der Waals surface area contributed by atoms with Crippen LogP contribution in [0.2, 0.25) is 0 Å². The highest BCUT2D eigenvalue weighted by atomic mass is 127. The van der Waals surface area contributed by atoms with Gasteiger partial charge in [0.2, 0.25) is 0 Å². The molecule has 108 valence electrons. The Labute approximate surface area is 138 Å². The van der Waals surface area contributed by atoms with Crippen molar-refractivity contribution < 1.29 is 4.79 Å². The third-order valence-electron chi connectivity index (χ3n) is 4.04. The maximum Gasteiger partial charge on any atom is 0.252 e. The summed E-state index contributed by atoms with van der Waals surface area (Å²) in [4.78, 5) is 12.8. The van der Waals surface area contributed by atoms with Gasteiger partial charge in [-0.1, -0.05) is 25.2 Å². The molecule has 1 saturated carbocycles. The van der Waals surface area contributed by atoms with E-state index >= 15 is 0 Å². The predicted molar refractivity (Wildman–Crippen MR) is 93.8 cm³/mol. The van der Waals surface area contributed by atoms with Gasteiger partial charge < -0.3 is 11.1 Å². The number of nitrogens with one attached hydrogen (secondary N) is 1. The van der Waals surface area contributed by atoms with E-state index in [0.29, 0.717) is 16.5 Å². The minimum absolute atomic E-state index is 0.0918. The van der Waals surface area contributed by atoms with Crippen LogP contribution in [0.3, 0.4) is 0 Å². The molecule has 3 N–H and O–H groups in total. The number of carbonyl (C=O) groups excluding carboxylic acids is 1. The molecule has 0 saturated heterocycles. The molecule has 0 heterocycles. The van der Waals surface area contributed by atoms with E-state index in [1.165, 1.54) is 0 Å². The lowest BCUT2D eigenvalue weighted by Gasteiger charge is -2.39. The first-order valence-corrected chi connectivity index (χ1v) is 8.30. The number of amides is 1. The normalized spacial score (nSPS) is 26.0. The van der Waals surface area contributed by atoms with Crippen LogP contribution in [0.25, 0.3) is 0 Å². The Hall–Kier alpha value is -0.690. The Bertz CT molecular complexity index is 524. The van der Waals surface area contributed by atoms with E-state index < -0.39 is 5.54 Å². The second kappa shape index (κ2) is 6.39. The first kappa shape index (κ1) is 15.7. The van der Waals surface area contributed by atoms with Crippen LogP contribution >= 0.6 is 34.8 Å². The molecule has 0 unspecified atom stereocenters. The van der Waals surface area contributed by atoms with E-state index in [4.69, 9.17) is 18.0 Å². The minimum atomic E-state index is -0.514. The third kappa shape index (κ3) is 3.49. The van der Waals surface area contributed by atoms with Gasteiger partial charge in [-0.25, -0.2) is 0 Å².